The maximum Gasteiger partial charge on any atom is 0.306 e. The van der Waals surface area contributed by atoms with Gasteiger partial charge in [0.25, 0.3) is 0 Å². The molecule has 0 saturated heterocycles. The highest BCUT2D eigenvalue weighted by Crippen LogP contribution is 2.66. The average molecular weight is 403 g/mol. The third-order valence-electron chi connectivity index (χ3n) is 9.04. The highest BCUT2D eigenvalue weighted by Gasteiger charge is 2.61. The molecule has 1 N–H and O–H groups in total. The number of carboxylic acids is 1. The van der Waals surface area contributed by atoms with Crippen molar-refractivity contribution in [1.82, 2.24) is 0 Å². The van der Waals surface area contributed by atoms with E-state index in [0.717, 1.165) is 38.5 Å². The van der Waals surface area contributed by atoms with Crippen molar-refractivity contribution in [2.75, 3.05) is 0 Å². The predicted molar refractivity (Wildman–Crippen MR) is 108 cm³/mol. The van der Waals surface area contributed by atoms with E-state index in [2.05, 4.69) is 20.8 Å². The second kappa shape index (κ2) is 7.24. The number of hydrogen-bond acceptors (Lipinski definition) is 4. The van der Waals surface area contributed by atoms with Crippen molar-refractivity contribution in [2.45, 2.75) is 84.7 Å². The van der Waals surface area contributed by atoms with Gasteiger partial charge in [0.05, 0.1) is 12.8 Å². The van der Waals surface area contributed by atoms with Gasteiger partial charge in [-0.3, -0.25) is 14.4 Å². The molecule has 0 spiro atoms. The monoisotopic (exact) mass is 402 g/mol. The summed E-state index contributed by atoms with van der Waals surface area (Å²) in [5.41, 5.74) is 1.50. The zero-order valence-electron chi connectivity index (χ0n) is 17.9. The van der Waals surface area contributed by atoms with Gasteiger partial charge in [-0.2, -0.15) is 0 Å². The lowest BCUT2D eigenvalue weighted by Gasteiger charge is -2.59. The quantitative estimate of drug-likeness (QED) is 0.698. The molecule has 0 aromatic carbocycles. The molecule has 0 aromatic rings. The first-order chi connectivity index (χ1) is 13.6. The lowest BCUT2D eigenvalue weighted by Crippen LogP contribution is -2.54. The van der Waals surface area contributed by atoms with Gasteiger partial charge < -0.3 is 9.84 Å². The van der Waals surface area contributed by atoms with Crippen LogP contribution in [0.25, 0.3) is 0 Å². The first-order valence-corrected chi connectivity index (χ1v) is 11.3. The third kappa shape index (κ3) is 3.34. The van der Waals surface area contributed by atoms with Crippen molar-refractivity contribution >= 4 is 17.7 Å². The molecular weight excluding hydrogens is 368 g/mol. The van der Waals surface area contributed by atoms with Crippen LogP contribution in [0.4, 0.5) is 0 Å². The lowest BCUT2D eigenvalue weighted by atomic mass is 9.45. The maximum absolute atomic E-state index is 12.2. The summed E-state index contributed by atoms with van der Waals surface area (Å²) in [7, 11) is 0. The fourth-order valence-electron chi connectivity index (χ4n) is 7.48. The Balaban J connectivity index is 1.54. The topological polar surface area (TPSA) is 80.7 Å². The maximum atomic E-state index is 12.2. The molecule has 3 saturated carbocycles. The van der Waals surface area contributed by atoms with E-state index in [-0.39, 0.29) is 41.5 Å². The van der Waals surface area contributed by atoms with Crippen molar-refractivity contribution in [1.29, 1.82) is 0 Å². The van der Waals surface area contributed by atoms with Gasteiger partial charge in [0.1, 0.15) is 6.10 Å². The van der Waals surface area contributed by atoms with Gasteiger partial charge in [0, 0.05) is 11.8 Å². The van der Waals surface area contributed by atoms with Crippen molar-refractivity contribution in [3.05, 3.63) is 11.6 Å². The van der Waals surface area contributed by atoms with E-state index in [1.165, 1.54) is 5.57 Å². The summed E-state index contributed by atoms with van der Waals surface area (Å²) in [5, 5.41) is 8.82. The molecule has 0 aliphatic heterocycles. The Bertz CT molecular complexity index is 754. The average Bonchev–Trinajstić information content (AvgIpc) is 2.98. The van der Waals surface area contributed by atoms with Gasteiger partial charge in [-0.05, 0) is 73.7 Å². The molecule has 0 aromatic heterocycles. The Labute approximate surface area is 173 Å². The number of ether oxygens (including phenoxy) is 1. The molecule has 29 heavy (non-hydrogen) atoms. The van der Waals surface area contributed by atoms with E-state index in [9.17, 15) is 14.4 Å². The van der Waals surface area contributed by atoms with Gasteiger partial charge in [0.15, 0.2) is 5.78 Å². The third-order valence-corrected chi connectivity index (χ3v) is 9.04. The minimum atomic E-state index is -0.961. The zero-order valence-corrected chi connectivity index (χ0v) is 17.9. The largest absolute Gasteiger partial charge is 0.481 e. The molecule has 0 bridgehead atoms. The van der Waals surface area contributed by atoms with Crippen molar-refractivity contribution in [3.8, 4) is 0 Å². The summed E-state index contributed by atoms with van der Waals surface area (Å²) in [6.45, 7) is 7.02. The fraction of sp³-hybridized carbons (Fsp3) is 0.792. The number of aliphatic carboxylic acids is 1. The molecule has 4 rings (SSSR count). The Morgan fingerprint density at radius 2 is 1.90 bits per heavy atom. The fourth-order valence-corrected chi connectivity index (χ4v) is 7.48. The predicted octanol–water partition coefficient (Wildman–Crippen LogP) is 4.54. The standard InChI is InChI=1S/C24H34O5/c1-14-12-15-13-16(25)8-10-23(15,2)18-9-11-24(3)17(22(14)18)4-5-19(24)29-21(28)7-6-20(26)27/h13-14,17-19,22H,4-12H2,1-3H3,(H,26,27)/t14-,17?,18?,19+,22?,23+,24+/m1/s1. The number of esters is 1. The molecule has 0 heterocycles. The van der Waals surface area contributed by atoms with E-state index < -0.39 is 5.97 Å². The van der Waals surface area contributed by atoms with Gasteiger partial charge in [0.2, 0.25) is 0 Å². The number of fused-ring (bicyclic) bond motifs is 5. The Kier molecular flexibility index (Phi) is 5.15. The molecule has 5 heteroatoms. The van der Waals surface area contributed by atoms with Gasteiger partial charge in [-0.25, -0.2) is 0 Å². The summed E-state index contributed by atoms with van der Waals surface area (Å²) >= 11 is 0. The molecule has 3 unspecified atom stereocenters. The van der Waals surface area contributed by atoms with E-state index in [0.29, 0.717) is 30.1 Å². The Hall–Kier alpha value is -1.65. The highest BCUT2D eigenvalue weighted by atomic mass is 16.5. The van der Waals surface area contributed by atoms with Gasteiger partial charge in [-0.1, -0.05) is 26.3 Å². The van der Waals surface area contributed by atoms with Crippen LogP contribution in [0.3, 0.4) is 0 Å². The van der Waals surface area contributed by atoms with Crippen molar-refractivity contribution in [3.63, 3.8) is 0 Å². The smallest absolute Gasteiger partial charge is 0.306 e. The second-order valence-electron chi connectivity index (χ2n) is 10.5. The SMILES string of the molecule is C[C@@H]1CC2=CC(=O)CC[C@]2(C)C2CC[C@@]3(C)C(CC[C@@H]3OC(=O)CCC(=O)O)C21. The van der Waals surface area contributed by atoms with Crippen molar-refractivity contribution < 1.29 is 24.2 Å². The summed E-state index contributed by atoms with van der Waals surface area (Å²) < 4.78 is 5.84. The van der Waals surface area contributed by atoms with Crippen LogP contribution in [0.1, 0.15) is 78.6 Å². The van der Waals surface area contributed by atoms with Crippen LogP contribution in [0, 0.1) is 34.5 Å². The molecule has 4 aliphatic carbocycles. The van der Waals surface area contributed by atoms with Crippen molar-refractivity contribution in [2.24, 2.45) is 34.5 Å². The Morgan fingerprint density at radius 1 is 1.14 bits per heavy atom. The Morgan fingerprint density at radius 3 is 2.62 bits per heavy atom. The highest BCUT2D eigenvalue weighted by molar-refractivity contribution is 5.91. The minimum Gasteiger partial charge on any atom is -0.481 e. The molecule has 0 radical (unpaired) electrons. The molecule has 4 aliphatic rings. The van der Waals surface area contributed by atoms with Crippen LogP contribution in [0.15, 0.2) is 11.6 Å². The van der Waals surface area contributed by atoms with Crippen LogP contribution < -0.4 is 0 Å². The number of rotatable bonds is 4. The molecule has 7 atom stereocenters. The van der Waals surface area contributed by atoms with Gasteiger partial charge >= 0.3 is 11.9 Å². The summed E-state index contributed by atoms with van der Waals surface area (Å²) in [4.78, 5) is 35.0. The van der Waals surface area contributed by atoms with Crippen LogP contribution >= 0.6 is 0 Å². The second-order valence-corrected chi connectivity index (χ2v) is 10.5. The first kappa shape index (κ1) is 20.6. The van der Waals surface area contributed by atoms with Gasteiger partial charge in [-0.15, -0.1) is 0 Å². The molecule has 160 valence electrons. The van der Waals surface area contributed by atoms with Crippen LogP contribution in [0.5, 0.6) is 0 Å². The molecule has 5 nitrogen and oxygen atoms in total. The van der Waals surface area contributed by atoms with E-state index in [1.807, 2.05) is 6.08 Å². The summed E-state index contributed by atoms with van der Waals surface area (Å²) in [6.07, 6.45) is 8.42. The van der Waals surface area contributed by atoms with E-state index in [1.54, 1.807) is 0 Å². The normalized spacial score (nSPS) is 43.6. The first-order valence-electron chi connectivity index (χ1n) is 11.3. The number of allylic oxidation sites excluding steroid dienone is 1. The molecule has 0 amide bonds. The zero-order chi connectivity index (χ0) is 21.0. The van der Waals surface area contributed by atoms with Crippen LogP contribution in [0.2, 0.25) is 0 Å². The number of carbonyl (C=O) groups is 3. The van der Waals surface area contributed by atoms with E-state index >= 15 is 0 Å². The number of ketones is 1. The molecular formula is C24H34O5. The number of carbonyl (C=O) groups excluding carboxylic acids is 2. The summed E-state index contributed by atoms with van der Waals surface area (Å²) in [5.74, 6) is 1.23. The van der Waals surface area contributed by atoms with E-state index in [4.69, 9.17) is 9.84 Å². The minimum absolute atomic E-state index is 0.0175. The molecule has 3 fully saturated rings. The van der Waals surface area contributed by atoms with Crippen LogP contribution in [-0.2, 0) is 19.1 Å². The number of hydrogen-bond donors (Lipinski definition) is 1. The lowest BCUT2D eigenvalue weighted by molar-refractivity contribution is -0.162. The summed E-state index contributed by atoms with van der Waals surface area (Å²) in [6, 6.07) is 0. The van der Waals surface area contributed by atoms with Crippen LogP contribution in [-0.4, -0.2) is 28.9 Å². The number of carboxylic acid groups (broad SMARTS) is 1.